The lowest BCUT2D eigenvalue weighted by Gasteiger charge is -2.45. The normalized spacial score (nSPS) is 17.6. The highest BCUT2D eigenvalue weighted by atomic mass is 15.2. The van der Waals surface area contributed by atoms with Gasteiger partial charge in [-0.05, 0) is 111 Å². The van der Waals surface area contributed by atoms with Crippen molar-refractivity contribution in [1.82, 2.24) is 0 Å². The molecule has 3 aliphatic rings. The number of fused-ring (bicyclic) bond motifs is 4. The lowest BCUT2D eigenvalue weighted by Crippen LogP contribution is -2.61. The molecule has 7 aromatic carbocycles. The molecule has 0 atom stereocenters. The summed E-state index contributed by atoms with van der Waals surface area (Å²) in [6, 6.07) is 33.0. The van der Waals surface area contributed by atoms with Gasteiger partial charge in [0.05, 0.1) is 13.7 Å². The Balaban J connectivity index is 1.32. The fourth-order valence-corrected chi connectivity index (χ4v) is 8.50. The van der Waals surface area contributed by atoms with Crippen LogP contribution in [0.5, 0.6) is 0 Å². The molecule has 244 valence electrons. The van der Waals surface area contributed by atoms with Crippen LogP contribution < -0.4 is 26.2 Å². The van der Waals surface area contributed by atoms with E-state index in [9.17, 15) is 0 Å². The van der Waals surface area contributed by atoms with Crippen LogP contribution in [0.25, 0.3) is 22.3 Å². The molecule has 0 aromatic heterocycles. The molecule has 0 spiro atoms. The van der Waals surface area contributed by atoms with Crippen molar-refractivity contribution in [3.8, 4) is 22.3 Å². The fraction of sp³-hybridized carbons (Fsp3) is 0.125. The fourth-order valence-electron chi connectivity index (χ4n) is 8.50. The van der Waals surface area contributed by atoms with E-state index in [1.807, 2.05) is 72.8 Å². The first-order valence-corrected chi connectivity index (χ1v) is 17.8. The third kappa shape index (κ3) is 5.10. The molecular weight excluding hydrogens is 615 g/mol. The maximum atomic E-state index is 8.93. The van der Waals surface area contributed by atoms with Gasteiger partial charge >= 0.3 is 0 Å². The Morgan fingerprint density at radius 2 is 1.02 bits per heavy atom. The monoisotopic (exact) mass is 664 g/mol. The Labute approximate surface area is 315 Å². The summed E-state index contributed by atoms with van der Waals surface area (Å²) in [7, 11) is 0. The minimum atomic E-state index is -0.448. The Hall–Kier alpha value is -5.80. The molecule has 2 nitrogen and oxygen atoms in total. The number of hydrogen-bond donors (Lipinski definition) is 0. The van der Waals surface area contributed by atoms with Gasteiger partial charge in [0.2, 0.25) is 0 Å². The van der Waals surface area contributed by atoms with Crippen LogP contribution in [-0.2, 0) is 0 Å². The molecule has 10 rings (SSSR count). The van der Waals surface area contributed by atoms with E-state index in [4.69, 9.17) is 13.7 Å². The molecule has 0 amide bonds. The predicted molar refractivity (Wildman–Crippen MR) is 217 cm³/mol. The second-order valence-corrected chi connectivity index (χ2v) is 13.6. The Morgan fingerprint density at radius 3 is 1.63 bits per heavy atom. The zero-order valence-corrected chi connectivity index (χ0v) is 28.0. The topological polar surface area (TPSA) is 6.48 Å². The van der Waals surface area contributed by atoms with Crippen molar-refractivity contribution in [3.63, 3.8) is 0 Å². The summed E-state index contributed by atoms with van der Waals surface area (Å²) in [5, 5.41) is 0. The Bertz CT molecular complexity index is 2880. The van der Waals surface area contributed by atoms with Gasteiger partial charge in [-0.25, -0.2) is 0 Å². The van der Waals surface area contributed by atoms with Crippen LogP contribution in [0.15, 0.2) is 170 Å². The van der Waals surface area contributed by atoms with Crippen LogP contribution in [0.2, 0.25) is 0 Å². The number of benzene rings is 7. The molecule has 7 aromatic rings. The van der Waals surface area contributed by atoms with Crippen molar-refractivity contribution in [2.45, 2.75) is 38.0 Å². The van der Waals surface area contributed by atoms with Gasteiger partial charge < -0.3 is 9.80 Å². The van der Waals surface area contributed by atoms with Crippen LogP contribution in [0.1, 0.15) is 57.3 Å². The minimum Gasteiger partial charge on any atom is -0.311 e. The lowest BCUT2D eigenvalue weighted by atomic mass is 9.33. The molecule has 1 fully saturated rings. The van der Waals surface area contributed by atoms with Gasteiger partial charge in [-0.3, -0.25) is 0 Å². The first-order chi connectivity index (χ1) is 29.5. The summed E-state index contributed by atoms with van der Waals surface area (Å²) >= 11 is 0. The molecule has 0 unspecified atom stereocenters. The average Bonchev–Trinajstić information content (AvgIpc) is 3.29. The summed E-state index contributed by atoms with van der Waals surface area (Å²) in [5.74, 6) is 0.343. The molecule has 0 bridgehead atoms. The summed E-state index contributed by atoms with van der Waals surface area (Å²) in [6.45, 7) is -0.408. The van der Waals surface area contributed by atoms with Crippen LogP contribution in [0.4, 0.5) is 34.1 Å². The third-order valence-electron chi connectivity index (χ3n) is 10.8. The van der Waals surface area contributed by atoms with Crippen molar-refractivity contribution < 1.29 is 13.7 Å². The summed E-state index contributed by atoms with van der Waals surface area (Å²) < 4.78 is 86.3. The Morgan fingerprint density at radius 1 is 0.471 bits per heavy atom. The molecule has 0 saturated heterocycles. The van der Waals surface area contributed by atoms with E-state index in [2.05, 4.69) is 46.2 Å². The van der Waals surface area contributed by atoms with Crippen molar-refractivity contribution in [2.24, 2.45) is 0 Å². The van der Waals surface area contributed by atoms with Crippen molar-refractivity contribution in [1.29, 1.82) is 0 Å². The number of rotatable bonds is 5. The molecule has 51 heavy (non-hydrogen) atoms. The molecule has 1 aliphatic carbocycles. The van der Waals surface area contributed by atoms with Crippen molar-refractivity contribution in [3.05, 3.63) is 175 Å². The van der Waals surface area contributed by atoms with Crippen molar-refractivity contribution in [2.75, 3.05) is 9.80 Å². The van der Waals surface area contributed by atoms with Gasteiger partial charge in [0.1, 0.15) is 0 Å². The molecule has 3 heteroatoms. The first-order valence-electron chi connectivity index (χ1n) is 22.8. The minimum absolute atomic E-state index is 0.118. The zero-order valence-electron chi connectivity index (χ0n) is 38.0. The highest BCUT2D eigenvalue weighted by Crippen LogP contribution is 2.47. The zero-order chi connectivity index (χ0) is 42.4. The quantitative estimate of drug-likeness (QED) is 0.169. The molecule has 1 saturated carbocycles. The van der Waals surface area contributed by atoms with Gasteiger partial charge in [0.15, 0.2) is 0 Å². The first kappa shape index (κ1) is 21.4. The second-order valence-electron chi connectivity index (χ2n) is 13.6. The van der Waals surface area contributed by atoms with Crippen LogP contribution >= 0.6 is 0 Å². The van der Waals surface area contributed by atoms with Crippen LogP contribution in [0, 0.1) is 0 Å². The van der Waals surface area contributed by atoms with E-state index < -0.39 is 43.0 Å². The van der Waals surface area contributed by atoms with E-state index >= 15 is 0 Å². The standard InChI is InChI=1S/C48H39BN2/c1-6-16-34(17-7-1)37-27-29-44-43(30-37)49-42-28-26-38(35-18-8-2-9-19-35)31-45(42)51(41-24-14-5-15-25-41)47-33-39(36-20-10-3-11-21-36)32-46(48(47)49)50(44)40-22-12-4-13-23-40/h1-2,4-9,12-19,22-33,36H,3,10-11,20-21H2/i1D,2D,6D,7D,8D,9D,16D,17D,18D,19D. The highest BCUT2D eigenvalue weighted by molar-refractivity contribution is 7.00. The smallest absolute Gasteiger partial charge is 0.252 e. The Kier molecular flexibility index (Phi) is 5.26. The van der Waals surface area contributed by atoms with Gasteiger partial charge in [-0.1, -0.05) is 140 Å². The molecule has 0 radical (unpaired) electrons. The number of hydrogen-bond acceptors (Lipinski definition) is 2. The summed E-state index contributed by atoms with van der Waals surface area (Å²) in [4.78, 5) is 4.53. The molecular formula is C48H39BN2. The maximum absolute atomic E-state index is 8.93. The molecule has 2 aliphatic heterocycles. The highest BCUT2D eigenvalue weighted by Gasteiger charge is 2.44. The van der Waals surface area contributed by atoms with Gasteiger partial charge in [0.25, 0.3) is 6.71 Å². The summed E-state index contributed by atoms with van der Waals surface area (Å²) in [5.41, 5.74) is 10.8. The van der Waals surface area contributed by atoms with E-state index in [1.54, 1.807) is 0 Å². The van der Waals surface area contributed by atoms with Gasteiger partial charge in [-0.15, -0.1) is 0 Å². The largest absolute Gasteiger partial charge is 0.311 e. The van der Waals surface area contributed by atoms with Crippen LogP contribution in [0.3, 0.4) is 0 Å². The second kappa shape index (κ2) is 12.5. The van der Waals surface area contributed by atoms with Gasteiger partial charge in [-0.2, -0.15) is 0 Å². The SMILES string of the molecule is [2H]c1c([2H])c([2H])c(-c2ccc3c(c2)B2c4ccc(-c5c([2H])c([2H])c([2H])c([2H])c5[2H])cc4N(c4ccccc4)c4cc(C5CCCCC5)cc(c42)N3c2ccccc2)c([2H])c1[2H]. The predicted octanol–water partition coefficient (Wildman–Crippen LogP) is 11.2. The molecule has 0 N–H and O–H groups in total. The molecule has 2 heterocycles. The van der Waals surface area contributed by atoms with Gasteiger partial charge in [0, 0.05) is 34.1 Å². The summed E-state index contributed by atoms with van der Waals surface area (Å²) in [6.07, 6.45) is 5.66. The third-order valence-corrected chi connectivity index (χ3v) is 10.8. The van der Waals surface area contributed by atoms with Crippen molar-refractivity contribution >= 4 is 57.2 Å². The van der Waals surface area contributed by atoms with E-state index in [0.717, 1.165) is 76.2 Å². The maximum Gasteiger partial charge on any atom is 0.252 e. The van der Waals surface area contributed by atoms with E-state index in [1.165, 1.54) is 12.0 Å². The lowest BCUT2D eigenvalue weighted by molar-refractivity contribution is 0.444. The number of nitrogens with zero attached hydrogens (tertiary/aromatic N) is 2. The number of anilines is 6. The van der Waals surface area contributed by atoms with Crippen LogP contribution in [-0.4, -0.2) is 6.71 Å². The van der Waals surface area contributed by atoms with E-state index in [0.29, 0.717) is 17.0 Å². The number of para-hydroxylation sites is 2. The van der Waals surface area contributed by atoms with E-state index in [-0.39, 0.29) is 35.3 Å². The average molecular weight is 665 g/mol.